The topological polar surface area (TPSA) is 0 Å². The van der Waals surface area contributed by atoms with Crippen LogP contribution in [0.25, 0.3) is 0 Å². The average Bonchev–Trinajstić information content (AvgIpc) is 1.80. The Bertz CT molecular complexity index is 181. The summed E-state index contributed by atoms with van der Waals surface area (Å²) in [4.78, 5) is 0. The van der Waals surface area contributed by atoms with E-state index in [1.54, 1.807) is 0 Å². The standard InChI is InChI=1S/C11H18/c1-7-10(9(2)3)8-11(4,5)6/h1,8-9H,2-6H3/b10-8+. The van der Waals surface area contributed by atoms with Crippen molar-refractivity contribution in [3.8, 4) is 12.3 Å². The van der Waals surface area contributed by atoms with Gasteiger partial charge in [0.05, 0.1) is 0 Å². The predicted molar refractivity (Wildman–Crippen MR) is 51.2 cm³/mol. The van der Waals surface area contributed by atoms with Crippen LogP contribution in [0.4, 0.5) is 0 Å². The van der Waals surface area contributed by atoms with Gasteiger partial charge < -0.3 is 0 Å². The van der Waals surface area contributed by atoms with Gasteiger partial charge in [-0.05, 0) is 11.3 Å². The molecule has 0 bridgehead atoms. The molecule has 0 saturated heterocycles. The molecule has 0 aliphatic carbocycles. The van der Waals surface area contributed by atoms with Crippen LogP contribution in [0.5, 0.6) is 0 Å². The molecule has 0 saturated carbocycles. The quantitative estimate of drug-likeness (QED) is 0.503. The molecule has 0 heterocycles. The lowest BCUT2D eigenvalue weighted by Crippen LogP contribution is -2.03. The Morgan fingerprint density at radius 2 is 1.82 bits per heavy atom. The van der Waals surface area contributed by atoms with Crippen LogP contribution in [0.15, 0.2) is 11.6 Å². The van der Waals surface area contributed by atoms with Gasteiger partial charge in [0.1, 0.15) is 0 Å². The first-order chi connectivity index (χ1) is 4.87. The molecule has 62 valence electrons. The molecular weight excluding hydrogens is 132 g/mol. The van der Waals surface area contributed by atoms with E-state index < -0.39 is 0 Å². The molecule has 0 aromatic heterocycles. The molecule has 0 aliphatic rings. The first kappa shape index (κ1) is 10.3. The summed E-state index contributed by atoms with van der Waals surface area (Å²) < 4.78 is 0. The molecular formula is C11H18. The van der Waals surface area contributed by atoms with Crippen molar-refractivity contribution in [2.75, 3.05) is 0 Å². The van der Waals surface area contributed by atoms with Gasteiger partial charge in [0, 0.05) is 5.57 Å². The zero-order valence-electron chi connectivity index (χ0n) is 8.23. The van der Waals surface area contributed by atoms with Crippen molar-refractivity contribution < 1.29 is 0 Å². The zero-order valence-corrected chi connectivity index (χ0v) is 8.23. The van der Waals surface area contributed by atoms with E-state index in [0.29, 0.717) is 5.92 Å². The predicted octanol–water partition coefficient (Wildman–Crippen LogP) is 3.25. The lowest BCUT2D eigenvalue weighted by Gasteiger charge is -2.15. The van der Waals surface area contributed by atoms with Crippen molar-refractivity contribution in [3.63, 3.8) is 0 Å². The van der Waals surface area contributed by atoms with Crippen LogP contribution in [-0.2, 0) is 0 Å². The summed E-state index contributed by atoms with van der Waals surface area (Å²) >= 11 is 0. The summed E-state index contributed by atoms with van der Waals surface area (Å²) in [6.07, 6.45) is 7.53. The van der Waals surface area contributed by atoms with Crippen molar-refractivity contribution >= 4 is 0 Å². The summed E-state index contributed by atoms with van der Waals surface area (Å²) in [6.45, 7) is 10.7. The number of hydrogen-bond acceptors (Lipinski definition) is 0. The summed E-state index contributed by atoms with van der Waals surface area (Å²) in [5.41, 5.74) is 1.31. The number of rotatable bonds is 1. The highest BCUT2D eigenvalue weighted by Crippen LogP contribution is 2.20. The van der Waals surface area contributed by atoms with Gasteiger partial charge >= 0.3 is 0 Å². The smallest absolute Gasteiger partial charge is 0.000848 e. The van der Waals surface area contributed by atoms with Crippen LogP contribution in [0.1, 0.15) is 34.6 Å². The lowest BCUT2D eigenvalue weighted by atomic mass is 9.90. The van der Waals surface area contributed by atoms with Crippen molar-refractivity contribution in [1.82, 2.24) is 0 Å². The fourth-order valence-electron chi connectivity index (χ4n) is 0.842. The Labute approximate surface area is 70.7 Å². The van der Waals surface area contributed by atoms with E-state index in [2.05, 4.69) is 46.6 Å². The third kappa shape index (κ3) is 4.67. The van der Waals surface area contributed by atoms with E-state index in [0.717, 1.165) is 5.57 Å². The summed E-state index contributed by atoms with van der Waals surface area (Å²) in [5, 5.41) is 0. The summed E-state index contributed by atoms with van der Waals surface area (Å²) in [5.74, 6) is 3.19. The average molecular weight is 150 g/mol. The van der Waals surface area contributed by atoms with Gasteiger partial charge in [0.15, 0.2) is 0 Å². The van der Waals surface area contributed by atoms with Gasteiger partial charge in [-0.3, -0.25) is 0 Å². The minimum absolute atomic E-state index is 0.200. The molecule has 0 aliphatic heterocycles. The molecule has 0 amide bonds. The van der Waals surface area contributed by atoms with Crippen molar-refractivity contribution in [2.24, 2.45) is 11.3 Å². The molecule has 0 nitrogen and oxygen atoms in total. The first-order valence-electron chi connectivity index (χ1n) is 4.06. The Kier molecular flexibility index (Phi) is 3.39. The van der Waals surface area contributed by atoms with Gasteiger partial charge in [-0.1, -0.05) is 46.6 Å². The van der Waals surface area contributed by atoms with Crippen LogP contribution in [-0.4, -0.2) is 0 Å². The van der Waals surface area contributed by atoms with Gasteiger partial charge in [-0.2, -0.15) is 0 Å². The summed E-state index contributed by atoms with van der Waals surface area (Å²) in [7, 11) is 0. The Morgan fingerprint density at radius 3 is 1.91 bits per heavy atom. The maximum atomic E-state index is 5.36. The molecule has 0 rings (SSSR count). The van der Waals surface area contributed by atoms with Crippen molar-refractivity contribution in [1.29, 1.82) is 0 Å². The molecule has 0 radical (unpaired) electrons. The van der Waals surface area contributed by atoms with Crippen LogP contribution in [0, 0.1) is 23.7 Å². The van der Waals surface area contributed by atoms with Crippen LogP contribution in [0.3, 0.4) is 0 Å². The maximum absolute atomic E-state index is 5.36. The fraction of sp³-hybridized carbons (Fsp3) is 0.636. The second kappa shape index (κ2) is 3.62. The molecule has 0 aromatic carbocycles. The molecule has 0 spiro atoms. The highest BCUT2D eigenvalue weighted by molar-refractivity contribution is 5.28. The molecule has 0 N–H and O–H groups in total. The first-order valence-corrected chi connectivity index (χ1v) is 4.06. The third-order valence-corrected chi connectivity index (χ3v) is 1.38. The van der Waals surface area contributed by atoms with Crippen molar-refractivity contribution in [2.45, 2.75) is 34.6 Å². The fourth-order valence-corrected chi connectivity index (χ4v) is 0.842. The third-order valence-electron chi connectivity index (χ3n) is 1.38. The van der Waals surface area contributed by atoms with E-state index in [1.165, 1.54) is 0 Å². The molecule has 0 fully saturated rings. The van der Waals surface area contributed by atoms with Gasteiger partial charge in [0.2, 0.25) is 0 Å². The normalized spacial score (nSPS) is 13.4. The van der Waals surface area contributed by atoms with E-state index in [4.69, 9.17) is 6.42 Å². The van der Waals surface area contributed by atoms with Crippen LogP contribution < -0.4 is 0 Å². The van der Waals surface area contributed by atoms with Gasteiger partial charge in [-0.25, -0.2) is 0 Å². The highest BCUT2D eigenvalue weighted by atomic mass is 14.1. The Hall–Kier alpha value is -0.700. The highest BCUT2D eigenvalue weighted by Gasteiger charge is 2.08. The van der Waals surface area contributed by atoms with Crippen LogP contribution >= 0.6 is 0 Å². The van der Waals surface area contributed by atoms with Gasteiger partial charge in [-0.15, -0.1) is 6.42 Å². The molecule has 0 aromatic rings. The lowest BCUT2D eigenvalue weighted by molar-refractivity contribution is 0.535. The minimum atomic E-state index is 0.200. The van der Waals surface area contributed by atoms with E-state index in [1.807, 2.05) is 0 Å². The Balaban J connectivity index is 4.53. The Morgan fingerprint density at radius 1 is 1.36 bits per heavy atom. The zero-order chi connectivity index (χ0) is 9.07. The largest absolute Gasteiger partial charge is 0.115 e. The maximum Gasteiger partial charge on any atom is 0.000848 e. The number of allylic oxidation sites excluding steroid dienone is 2. The number of terminal acetylenes is 1. The second-order valence-electron chi connectivity index (χ2n) is 4.26. The molecule has 11 heavy (non-hydrogen) atoms. The molecule has 0 heteroatoms. The van der Waals surface area contributed by atoms with Crippen LogP contribution in [0.2, 0.25) is 0 Å². The van der Waals surface area contributed by atoms with E-state index in [-0.39, 0.29) is 5.41 Å². The number of hydrogen-bond donors (Lipinski definition) is 0. The molecule has 0 unspecified atom stereocenters. The molecule has 0 atom stereocenters. The summed E-state index contributed by atoms with van der Waals surface area (Å²) in [6, 6.07) is 0. The SMILES string of the molecule is C#C/C(=C\C(C)(C)C)C(C)C. The van der Waals surface area contributed by atoms with E-state index >= 15 is 0 Å². The minimum Gasteiger partial charge on any atom is -0.115 e. The van der Waals surface area contributed by atoms with Gasteiger partial charge in [0.25, 0.3) is 0 Å². The monoisotopic (exact) mass is 150 g/mol. The van der Waals surface area contributed by atoms with Crippen molar-refractivity contribution in [3.05, 3.63) is 11.6 Å². The second-order valence-corrected chi connectivity index (χ2v) is 4.26. The van der Waals surface area contributed by atoms with E-state index in [9.17, 15) is 0 Å².